The monoisotopic (exact) mass is 460 g/mol. The lowest BCUT2D eigenvalue weighted by Crippen LogP contribution is -2.48. The molecule has 1 aromatic heterocycles. The molecular formula is C26H40N2O5. The van der Waals surface area contributed by atoms with Crippen LogP contribution < -0.4 is 5.32 Å². The number of carbonyl (C=O) groups is 2. The molecule has 0 aliphatic carbocycles. The molecule has 7 heteroatoms. The Bertz CT molecular complexity index is 936. The van der Waals surface area contributed by atoms with Crippen molar-refractivity contribution in [3.8, 4) is 0 Å². The summed E-state index contributed by atoms with van der Waals surface area (Å²) in [4.78, 5) is 28.6. The van der Waals surface area contributed by atoms with Gasteiger partial charge in [0.05, 0.1) is 18.1 Å². The van der Waals surface area contributed by atoms with Crippen LogP contribution in [0.1, 0.15) is 67.4 Å². The number of alkyl carbamates (subject to hydrolysis) is 1. The van der Waals surface area contributed by atoms with E-state index in [2.05, 4.69) is 10.3 Å². The van der Waals surface area contributed by atoms with E-state index in [1.54, 1.807) is 20.8 Å². The van der Waals surface area contributed by atoms with Crippen molar-refractivity contribution < 1.29 is 24.2 Å². The molecule has 0 radical (unpaired) electrons. The van der Waals surface area contributed by atoms with Crippen molar-refractivity contribution in [2.75, 3.05) is 0 Å². The summed E-state index contributed by atoms with van der Waals surface area (Å²) in [6.07, 6.45) is 0.837. The van der Waals surface area contributed by atoms with E-state index in [1.165, 1.54) is 0 Å². The van der Waals surface area contributed by atoms with Crippen LogP contribution in [0.2, 0.25) is 0 Å². The van der Waals surface area contributed by atoms with Crippen molar-refractivity contribution in [1.29, 1.82) is 0 Å². The third-order valence-electron chi connectivity index (χ3n) is 5.29. The smallest absolute Gasteiger partial charge is 0.407 e. The van der Waals surface area contributed by atoms with Gasteiger partial charge in [-0.2, -0.15) is 0 Å². The maximum absolute atomic E-state index is 12.8. The summed E-state index contributed by atoms with van der Waals surface area (Å²) in [5, 5.41) is 15.1. The molecule has 1 unspecified atom stereocenters. The number of nitrogens with one attached hydrogen (secondary N) is 2. The number of benzene rings is 1. The molecule has 3 N–H and O–H groups in total. The zero-order valence-electron chi connectivity index (χ0n) is 21.2. The van der Waals surface area contributed by atoms with E-state index in [0.29, 0.717) is 6.42 Å². The highest BCUT2D eigenvalue weighted by Gasteiger charge is 2.34. The maximum Gasteiger partial charge on any atom is 0.407 e. The number of hydrogen-bond acceptors (Lipinski definition) is 5. The molecule has 2 rings (SSSR count). The van der Waals surface area contributed by atoms with E-state index >= 15 is 0 Å². The molecule has 0 aliphatic rings. The van der Waals surface area contributed by atoms with Gasteiger partial charge < -0.3 is 24.9 Å². The normalized spacial score (nSPS) is 15.2. The summed E-state index contributed by atoms with van der Waals surface area (Å²) in [5.74, 6) is -0.894. The van der Waals surface area contributed by atoms with Crippen molar-refractivity contribution in [1.82, 2.24) is 10.3 Å². The molecule has 1 amide bonds. The first kappa shape index (κ1) is 26.7. The second kappa shape index (κ2) is 10.6. The number of amides is 1. The molecule has 1 aromatic carbocycles. The second-order valence-corrected chi connectivity index (χ2v) is 11.0. The van der Waals surface area contributed by atoms with E-state index in [4.69, 9.17) is 9.47 Å². The maximum atomic E-state index is 12.8. The Labute approximate surface area is 197 Å². The Kier molecular flexibility index (Phi) is 8.57. The predicted octanol–water partition coefficient (Wildman–Crippen LogP) is 4.97. The number of aliphatic hydroxyl groups excluding tert-OH is 1. The fraction of sp³-hybridized carbons (Fsp3) is 0.615. The summed E-state index contributed by atoms with van der Waals surface area (Å²) < 4.78 is 11.0. The van der Waals surface area contributed by atoms with E-state index < -0.39 is 35.4 Å². The molecule has 7 nitrogen and oxygen atoms in total. The quantitative estimate of drug-likeness (QED) is 0.483. The van der Waals surface area contributed by atoms with Crippen molar-refractivity contribution >= 4 is 23.0 Å². The number of aromatic nitrogens is 1. The van der Waals surface area contributed by atoms with Crippen LogP contribution in [0.3, 0.4) is 0 Å². The Morgan fingerprint density at radius 1 is 1.03 bits per heavy atom. The molecule has 0 aliphatic heterocycles. The number of aromatic amines is 1. The third kappa shape index (κ3) is 8.39. The van der Waals surface area contributed by atoms with Crippen molar-refractivity contribution in [2.45, 2.75) is 91.6 Å². The van der Waals surface area contributed by atoms with Gasteiger partial charge in [-0.3, -0.25) is 4.79 Å². The van der Waals surface area contributed by atoms with Gasteiger partial charge in [0.1, 0.15) is 11.2 Å². The summed E-state index contributed by atoms with van der Waals surface area (Å²) in [6, 6.07) is 7.22. The van der Waals surface area contributed by atoms with Crippen LogP contribution in [0.15, 0.2) is 30.5 Å². The van der Waals surface area contributed by atoms with Gasteiger partial charge >= 0.3 is 12.1 Å². The average molecular weight is 461 g/mol. The minimum atomic E-state index is -0.980. The van der Waals surface area contributed by atoms with Crippen LogP contribution >= 0.6 is 0 Å². The first-order valence-electron chi connectivity index (χ1n) is 11.6. The SMILES string of the molecule is CC(C)C(C[C@H](O)[C@H](Cc1c[nH]c2ccccc12)NC(=O)OC(C)(C)C)C(=O)OC(C)(C)C. The van der Waals surface area contributed by atoms with Gasteiger partial charge in [-0.25, -0.2) is 4.79 Å². The standard InChI is InChI=1S/C26H40N2O5/c1-16(2)19(23(30)32-25(3,4)5)14-22(29)21(28-24(31)33-26(6,7)8)13-17-15-27-20-12-10-9-11-18(17)20/h9-12,15-16,19,21-22,27,29H,13-14H2,1-8H3,(H,28,31)/t19?,21-,22-/m0/s1. The van der Waals surface area contributed by atoms with Crippen LogP contribution in [0.4, 0.5) is 4.79 Å². The van der Waals surface area contributed by atoms with Crippen molar-refractivity contribution in [3.05, 3.63) is 36.0 Å². The minimum absolute atomic E-state index is 0.0373. The van der Waals surface area contributed by atoms with Crippen LogP contribution in [0.25, 0.3) is 10.9 Å². The first-order valence-corrected chi connectivity index (χ1v) is 11.6. The van der Waals surface area contributed by atoms with Crippen molar-refractivity contribution in [3.63, 3.8) is 0 Å². The number of H-pyrrole nitrogens is 1. The molecular weight excluding hydrogens is 420 g/mol. The predicted molar refractivity (Wildman–Crippen MR) is 130 cm³/mol. The molecule has 0 spiro atoms. The van der Waals surface area contributed by atoms with Gasteiger partial charge in [0.2, 0.25) is 0 Å². The lowest BCUT2D eigenvalue weighted by molar-refractivity contribution is -0.163. The number of fused-ring (bicyclic) bond motifs is 1. The summed E-state index contributed by atoms with van der Waals surface area (Å²) in [5.41, 5.74) is 0.654. The minimum Gasteiger partial charge on any atom is -0.460 e. The molecule has 2 aromatic rings. The van der Waals surface area contributed by atoms with Gasteiger partial charge in [-0.15, -0.1) is 0 Å². The number of hydrogen-bond donors (Lipinski definition) is 3. The largest absolute Gasteiger partial charge is 0.460 e. The highest BCUT2D eigenvalue weighted by molar-refractivity contribution is 5.83. The fourth-order valence-corrected chi connectivity index (χ4v) is 3.72. The van der Waals surface area contributed by atoms with Crippen LogP contribution in [0.5, 0.6) is 0 Å². The number of ether oxygens (including phenoxy) is 2. The molecule has 33 heavy (non-hydrogen) atoms. The van der Waals surface area contributed by atoms with Gasteiger partial charge in [0.15, 0.2) is 0 Å². The fourth-order valence-electron chi connectivity index (χ4n) is 3.72. The number of carbonyl (C=O) groups excluding carboxylic acids is 2. The molecule has 3 atom stereocenters. The summed E-state index contributed by atoms with van der Waals surface area (Å²) >= 11 is 0. The van der Waals surface area contributed by atoms with E-state index in [-0.39, 0.29) is 18.3 Å². The number of aliphatic hydroxyl groups is 1. The summed E-state index contributed by atoms with van der Waals surface area (Å²) in [7, 11) is 0. The van der Waals surface area contributed by atoms with Crippen LogP contribution in [-0.4, -0.2) is 45.5 Å². The van der Waals surface area contributed by atoms with Crippen molar-refractivity contribution in [2.24, 2.45) is 11.8 Å². The molecule has 0 fully saturated rings. The highest BCUT2D eigenvalue weighted by atomic mass is 16.6. The average Bonchev–Trinajstić information content (AvgIpc) is 3.05. The van der Waals surface area contributed by atoms with E-state index in [0.717, 1.165) is 16.5 Å². The van der Waals surface area contributed by atoms with Crippen LogP contribution in [-0.2, 0) is 20.7 Å². The van der Waals surface area contributed by atoms with Crippen LogP contribution in [0, 0.1) is 11.8 Å². The zero-order valence-corrected chi connectivity index (χ0v) is 21.2. The van der Waals surface area contributed by atoms with E-state index in [9.17, 15) is 14.7 Å². The third-order valence-corrected chi connectivity index (χ3v) is 5.29. The van der Waals surface area contributed by atoms with Gasteiger partial charge in [-0.05, 0) is 71.9 Å². The number of para-hydroxylation sites is 1. The first-order chi connectivity index (χ1) is 15.2. The lowest BCUT2D eigenvalue weighted by Gasteiger charge is -2.31. The number of esters is 1. The topological polar surface area (TPSA) is 101 Å². The van der Waals surface area contributed by atoms with Gasteiger partial charge in [0, 0.05) is 17.1 Å². The number of rotatable bonds is 8. The van der Waals surface area contributed by atoms with Gasteiger partial charge in [-0.1, -0.05) is 32.0 Å². The Hall–Kier alpha value is -2.54. The molecule has 0 saturated carbocycles. The highest BCUT2D eigenvalue weighted by Crippen LogP contribution is 2.26. The Balaban J connectivity index is 2.26. The molecule has 0 bridgehead atoms. The van der Waals surface area contributed by atoms with E-state index in [1.807, 2.05) is 65.1 Å². The van der Waals surface area contributed by atoms with Gasteiger partial charge in [0.25, 0.3) is 0 Å². The molecule has 184 valence electrons. The second-order valence-electron chi connectivity index (χ2n) is 11.0. The molecule has 0 saturated heterocycles. The zero-order chi connectivity index (χ0) is 25.0. The Morgan fingerprint density at radius 2 is 1.64 bits per heavy atom. The Morgan fingerprint density at radius 3 is 2.21 bits per heavy atom. The summed E-state index contributed by atoms with van der Waals surface area (Å²) in [6.45, 7) is 14.7. The lowest BCUT2D eigenvalue weighted by atomic mass is 9.86. The molecule has 1 heterocycles.